The van der Waals surface area contributed by atoms with Crippen molar-refractivity contribution in [3.63, 3.8) is 0 Å². The van der Waals surface area contributed by atoms with Crippen LogP contribution in [0.3, 0.4) is 0 Å². The highest BCUT2D eigenvalue weighted by Gasteiger charge is 1.80. The molecular weight excluding hydrogens is 191 g/mol. The number of rotatable bonds is 1. The van der Waals surface area contributed by atoms with E-state index in [1.807, 2.05) is 0 Å². The lowest BCUT2D eigenvalue weighted by Gasteiger charge is -1.90. The Hall–Kier alpha value is -1.14. The largest absolute Gasteiger partial charge is 0.310 e. The molecular formula is C7H16N2O3P+. The quantitative estimate of drug-likeness (QED) is 0.391. The second-order valence-corrected chi connectivity index (χ2v) is 2.01. The molecule has 0 aliphatic carbocycles. The van der Waals surface area contributed by atoms with Crippen molar-refractivity contribution >= 4 is 21.3 Å². The van der Waals surface area contributed by atoms with Crippen LogP contribution < -0.4 is 0 Å². The van der Waals surface area contributed by atoms with E-state index in [-0.39, 0.29) is 0 Å². The van der Waals surface area contributed by atoms with Crippen LogP contribution in [0, 0.1) is 16.7 Å². The maximum atomic E-state index is 8.35. The van der Waals surface area contributed by atoms with E-state index in [1.54, 1.807) is 0 Å². The van der Waals surface area contributed by atoms with Crippen molar-refractivity contribution in [2.75, 3.05) is 0 Å². The lowest BCUT2D eigenvalue weighted by atomic mass is 10.2. The SMILES string of the molecule is CCC(C)C.N=C=O.N=C=O.O=[PH2+]. The maximum Gasteiger partial charge on any atom is 0.310 e. The summed E-state index contributed by atoms with van der Waals surface area (Å²) in [7, 11) is 1.17. The van der Waals surface area contributed by atoms with E-state index in [2.05, 4.69) is 20.8 Å². The van der Waals surface area contributed by atoms with E-state index in [9.17, 15) is 0 Å². The van der Waals surface area contributed by atoms with Gasteiger partial charge in [-0.3, -0.25) is 0 Å². The van der Waals surface area contributed by atoms with Gasteiger partial charge >= 0.3 is 9.12 Å². The highest BCUT2D eigenvalue weighted by molar-refractivity contribution is 7.00. The molecule has 0 amide bonds. The van der Waals surface area contributed by atoms with Crippen LogP contribution in [0.4, 0.5) is 0 Å². The number of nitrogens with one attached hydrogen (secondary N) is 2. The Labute approximate surface area is 80.2 Å². The van der Waals surface area contributed by atoms with Gasteiger partial charge in [0, 0.05) is 0 Å². The fourth-order valence-corrected chi connectivity index (χ4v) is 0. The minimum Gasteiger partial charge on any atom is -0.222 e. The van der Waals surface area contributed by atoms with Crippen molar-refractivity contribution < 1.29 is 14.2 Å². The van der Waals surface area contributed by atoms with Gasteiger partial charge in [0.1, 0.15) is 0 Å². The molecule has 0 saturated heterocycles. The van der Waals surface area contributed by atoms with E-state index in [0.29, 0.717) is 0 Å². The Bertz CT molecular complexity index is 127. The first-order valence-electron chi connectivity index (χ1n) is 3.41. The molecule has 0 heterocycles. The molecule has 0 aliphatic heterocycles. The molecule has 0 spiro atoms. The number of hydrogen-bond donors (Lipinski definition) is 2. The average Bonchev–Trinajstić information content (AvgIpc) is 2.11. The van der Waals surface area contributed by atoms with Crippen molar-refractivity contribution in [3.8, 4) is 0 Å². The van der Waals surface area contributed by atoms with Gasteiger partial charge in [0.15, 0.2) is 0 Å². The van der Waals surface area contributed by atoms with E-state index in [4.69, 9.17) is 25.0 Å². The van der Waals surface area contributed by atoms with Crippen LogP contribution in [0.2, 0.25) is 0 Å². The molecule has 0 aliphatic rings. The molecule has 13 heavy (non-hydrogen) atoms. The molecule has 1 unspecified atom stereocenters. The van der Waals surface area contributed by atoms with Crippen LogP contribution in [-0.2, 0) is 14.2 Å². The molecule has 1 atom stereocenters. The van der Waals surface area contributed by atoms with Crippen molar-refractivity contribution in [2.24, 2.45) is 5.92 Å². The summed E-state index contributed by atoms with van der Waals surface area (Å²) in [5, 5.41) is 10.8. The fraction of sp³-hybridized carbons (Fsp3) is 0.714. The van der Waals surface area contributed by atoms with Gasteiger partial charge in [0.05, 0.1) is 0 Å². The summed E-state index contributed by atoms with van der Waals surface area (Å²) >= 11 is 0. The minimum atomic E-state index is 0.750. The molecule has 0 radical (unpaired) electrons. The van der Waals surface area contributed by atoms with Gasteiger partial charge in [0.25, 0.3) is 0 Å². The third kappa shape index (κ3) is 1150. The molecule has 0 bridgehead atoms. The van der Waals surface area contributed by atoms with Crippen molar-refractivity contribution in [3.05, 3.63) is 0 Å². The Morgan fingerprint density at radius 3 is 1.23 bits per heavy atom. The van der Waals surface area contributed by atoms with Crippen LogP contribution in [0.1, 0.15) is 27.2 Å². The van der Waals surface area contributed by atoms with Crippen LogP contribution in [0.15, 0.2) is 0 Å². The van der Waals surface area contributed by atoms with Gasteiger partial charge in [-0.25, -0.2) is 20.4 Å². The molecule has 0 aromatic heterocycles. The molecule has 0 rings (SSSR count). The summed E-state index contributed by atoms with van der Waals surface area (Å²) in [4.78, 5) is 16.7. The standard InChI is InChI=1S/C5H12.2CHNO.H2OP/c1-4-5(2)3;2*2-1-3;1-2/h5H,4H2,1-3H3;2*2H;2H2/q;;;+1. The van der Waals surface area contributed by atoms with Gasteiger partial charge in [-0.1, -0.05) is 31.8 Å². The smallest absolute Gasteiger partial charge is 0.222 e. The number of isocyanates is 2. The highest BCUT2D eigenvalue weighted by Crippen LogP contribution is 1.93. The van der Waals surface area contributed by atoms with Gasteiger partial charge < -0.3 is 0 Å². The normalized spacial score (nSPS) is 5.23. The zero-order valence-electron chi connectivity index (χ0n) is 8.09. The summed E-state index contributed by atoms with van der Waals surface area (Å²) < 4.78 is 8.17. The first kappa shape index (κ1) is 22.6. The fourth-order valence-electron chi connectivity index (χ4n) is 0. The third-order valence-electron chi connectivity index (χ3n) is 0.816. The van der Waals surface area contributed by atoms with E-state index in [1.165, 1.54) is 15.5 Å². The first-order valence-corrected chi connectivity index (χ1v) is 3.89. The summed E-state index contributed by atoms with van der Waals surface area (Å²) in [6.07, 6.45) is 2.81. The lowest BCUT2D eigenvalue weighted by molar-refractivity contribution is 0.562. The predicted octanol–water partition coefficient (Wildman–Crippen LogP) is 2.06. The predicted molar refractivity (Wildman–Crippen MR) is 52.4 cm³/mol. The molecule has 0 aromatic carbocycles. The Morgan fingerprint density at radius 1 is 1.15 bits per heavy atom. The lowest BCUT2D eigenvalue weighted by Crippen LogP contribution is -1.77. The Balaban J connectivity index is -0.0000000446. The molecule has 0 fully saturated rings. The Kier molecular flexibility index (Phi) is 77.9. The van der Waals surface area contributed by atoms with Gasteiger partial charge in [-0.05, 0) is 5.92 Å². The van der Waals surface area contributed by atoms with Crippen LogP contribution in [0.5, 0.6) is 0 Å². The average molecular weight is 207 g/mol. The van der Waals surface area contributed by atoms with Gasteiger partial charge in [0.2, 0.25) is 12.2 Å². The van der Waals surface area contributed by atoms with Crippen LogP contribution in [0.25, 0.3) is 0 Å². The maximum absolute atomic E-state index is 8.35. The highest BCUT2D eigenvalue weighted by atomic mass is 31.0. The van der Waals surface area contributed by atoms with E-state index in [0.717, 1.165) is 18.1 Å². The zero-order chi connectivity index (χ0) is 11.7. The van der Waals surface area contributed by atoms with Crippen molar-refractivity contribution in [1.82, 2.24) is 0 Å². The van der Waals surface area contributed by atoms with Crippen molar-refractivity contribution in [1.29, 1.82) is 10.8 Å². The molecule has 0 saturated carbocycles. The summed E-state index contributed by atoms with van der Waals surface area (Å²) in [5.74, 6) is 0.884. The van der Waals surface area contributed by atoms with E-state index >= 15 is 0 Å². The molecule has 5 nitrogen and oxygen atoms in total. The van der Waals surface area contributed by atoms with Crippen LogP contribution in [-0.4, -0.2) is 12.2 Å². The zero-order valence-corrected chi connectivity index (χ0v) is 9.24. The number of hydrogen-bond acceptors (Lipinski definition) is 5. The molecule has 76 valence electrons. The summed E-state index contributed by atoms with van der Waals surface area (Å²) in [6.45, 7) is 6.64. The van der Waals surface area contributed by atoms with E-state index < -0.39 is 0 Å². The molecule has 6 heteroatoms. The summed E-state index contributed by atoms with van der Waals surface area (Å²) in [5.41, 5.74) is 0. The van der Waals surface area contributed by atoms with Gasteiger partial charge in [-0.15, -0.1) is 0 Å². The summed E-state index contributed by atoms with van der Waals surface area (Å²) in [6, 6.07) is 0. The first-order chi connectivity index (χ1) is 6.10. The minimum absolute atomic E-state index is 0.750. The number of carbonyl (C=O) groups excluding carboxylic acids is 2. The Morgan fingerprint density at radius 2 is 1.23 bits per heavy atom. The second kappa shape index (κ2) is 44.7. The third-order valence-corrected chi connectivity index (χ3v) is 0.816. The van der Waals surface area contributed by atoms with Crippen molar-refractivity contribution in [2.45, 2.75) is 27.2 Å². The molecule has 2 N–H and O–H groups in total. The van der Waals surface area contributed by atoms with Gasteiger partial charge in [-0.2, -0.15) is 0 Å². The topological polar surface area (TPSA) is 98.9 Å². The monoisotopic (exact) mass is 207 g/mol. The molecule has 0 aromatic rings. The van der Waals surface area contributed by atoms with Crippen LogP contribution >= 0.6 is 9.12 Å². The second-order valence-electron chi connectivity index (χ2n) is 2.01.